The van der Waals surface area contributed by atoms with Crippen molar-refractivity contribution in [2.24, 2.45) is 0 Å². The Morgan fingerprint density at radius 3 is 3.12 bits per heavy atom. The molecule has 1 aromatic rings. The summed E-state index contributed by atoms with van der Waals surface area (Å²) in [6, 6.07) is 6.65. The Hall–Kier alpha value is -1.13. The fourth-order valence-corrected chi connectivity index (χ4v) is 2.23. The molecule has 0 amide bonds. The molecule has 1 aromatic heterocycles. The molecule has 2 rings (SSSR count). The van der Waals surface area contributed by atoms with Crippen LogP contribution < -0.4 is 10.2 Å². The number of hydrogen-bond acceptors (Lipinski definition) is 4. The van der Waals surface area contributed by atoms with E-state index in [0.717, 1.165) is 38.4 Å². The molecule has 0 radical (unpaired) electrons. The van der Waals surface area contributed by atoms with E-state index in [1.54, 1.807) is 0 Å². The maximum atomic E-state index is 4.35. The molecule has 0 saturated carbocycles. The molecule has 94 valence electrons. The third kappa shape index (κ3) is 3.68. The molecule has 0 aromatic carbocycles. The Kier molecular flexibility index (Phi) is 4.34. The molecule has 0 spiro atoms. The molecular formula is C13H22N4. The quantitative estimate of drug-likeness (QED) is 0.835. The van der Waals surface area contributed by atoms with Crippen LogP contribution in [0.5, 0.6) is 0 Å². The van der Waals surface area contributed by atoms with Crippen molar-refractivity contribution in [1.29, 1.82) is 0 Å². The lowest BCUT2D eigenvalue weighted by Crippen LogP contribution is -2.49. The highest BCUT2D eigenvalue weighted by Gasteiger charge is 2.16. The number of nitrogens with zero attached hydrogens (tertiary/aromatic N) is 3. The van der Waals surface area contributed by atoms with Gasteiger partial charge in [-0.3, -0.25) is 0 Å². The monoisotopic (exact) mass is 234 g/mol. The van der Waals surface area contributed by atoms with E-state index in [0.29, 0.717) is 6.04 Å². The zero-order chi connectivity index (χ0) is 12.1. The fraction of sp³-hybridized carbons (Fsp3) is 0.615. The van der Waals surface area contributed by atoms with Crippen molar-refractivity contribution in [2.75, 3.05) is 45.2 Å². The third-order valence-electron chi connectivity index (χ3n) is 3.31. The van der Waals surface area contributed by atoms with Crippen molar-refractivity contribution in [2.45, 2.75) is 12.5 Å². The van der Waals surface area contributed by atoms with Gasteiger partial charge in [0.15, 0.2) is 0 Å². The Morgan fingerprint density at radius 2 is 2.41 bits per heavy atom. The standard InChI is InChI=1S/C13H22N4/c1-16-10-8-14-12(11-16)6-9-17(2)13-5-3-4-7-15-13/h3-5,7,12,14H,6,8-11H2,1-2H3. The van der Waals surface area contributed by atoms with E-state index in [1.807, 2.05) is 18.3 Å². The number of pyridine rings is 1. The molecule has 1 unspecified atom stereocenters. The summed E-state index contributed by atoms with van der Waals surface area (Å²) in [6.45, 7) is 4.46. The van der Waals surface area contributed by atoms with E-state index < -0.39 is 0 Å². The summed E-state index contributed by atoms with van der Waals surface area (Å²) in [5.74, 6) is 1.05. The first-order valence-electron chi connectivity index (χ1n) is 6.30. The molecule has 1 atom stereocenters. The molecule has 0 bridgehead atoms. The summed E-state index contributed by atoms with van der Waals surface area (Å²) in [4.78, 5) is 8.96. The largest absolute Gasteiger partial charge is 0.360 e. The van der Waals surface area contributed by atoms with Crippen molar-refractivity contribution >= 4 is 5.82 Å². The molecule has 1 saturated heterocycles. The van der Waals surface area contributed by atoms with Gasteiger partial charge in [-0.2, -0.15) is 0 Å². The highest BCUT2D eigenvalue weighted by Crippen LogP contribution is 2.09. The number of piperazine rings is 1. The number of anilines is 1. The predicted molar refractivity (Wildman–Crippen MR) is 71.4 cm³/mol. The van der Waals surface area contributed by atoms with Crippen LogP contribution in [0.2, 0.25) is 0 Å². The van der Waals surface area contributed by atoms with Crippen molar-refractivity contribution in [3.63, 3.8) is 0 Å². The summed E-state index contributed by atoms with van der Waals surface area (Å²) in [5.41, 5.74) is 0. The minimum absolute atomic E-state index is 0.611. The van der Waals surface area contributed by atoms with Crippen molar-refractivity contribution in [3.8, 4) is 0 Å². The molecule has 1 aliphatic heterocycles. The van der Waals surface area contributed by atoms with Gasteiger partial charge in [-0.1, -0.05) is 6.07 Å². The smallest absolute Gasteiger partial charge is 0.128 e. The first kappa shape index (κ1) is 12.3. The SMILES string of the molecule is CN1CCNC(CCN(C)c2ccccn2)C1. The average Bonchev–Trinajstić information content (AvgIpc) is 2.37. The van der Waals surface area contributed by atoms with Gasteiger partial charge in [0.05, 0.1) is 0 Å². The number of rotatable bonds is 4. The molecule has 4 heteroatoms. The van der Waals surface area contributed by atoms with Gasteiger partial charge in [-0.25, -0.2) is 4.98 Å². The van der Waals surface area contributed by atoms with Gasteiger partial charge in [0.2, 0.25) is 0 Å². The molecule has 1 N–H and O–H groups in total. The zero-order valence-corrected chi connectivity index (χ0v) is 10.8. The third-order valence-corrected chi connectivity index (χ3v) is 3.31. The average molecular weight is 234 g/mol. The van der Waals surface area contributed by atoms with Gasteiger partial charge in [0.25, 0.3) is 0 Å². The topological polar surface area (TPSA) is 31.4 Å². The minimum Gasteiger partial charge on any atom is -0.360 e. The Morgan fingerprint density at radius 1 is 1.53 bits per heavy atom. The van der Waals surface area contributed by atoms with Crippen LogP contribution in [-0.2, 0) is 0 Å². The van der Waals surface area contributed by atoms with Gasteiger partial charge in [0.1, 0.15) is 5.82 Å². The Labute approximate surface area is 104 Å². The van der Waals surface area contributed by atoms with Crippen LogP contribution in [0.3, 0.4) is 0 Å². The molecule has 2 heterocycles. The van der Waals surface area contributed by atoms with Gasteiger partial charge in [0, 0.05) is 45.5 Å². The summed E-state index contributed by atoms with van der Waals surface area (Å²) in [5, 5.41) is 3.57. The molecular weight excluding hydrogens is 212 g/mol. The van der Waals surface area contributed by atoms with Gasteiger partial charge in [-0.05, 0) is 25.6 Å². The van der Waals surface area contributed by atoms with Crippen LogP contribution in [0.1, 0.15) is 6.42 Å². The molecule has 4 nitrogen and oxygen atoms in total. The Balaban J connectivity index is 1.78. The van der Waals surface area contributed by atoms with E-state index in [4.69, 9.17) is 0 Å². The van der Waals surface area contributed by atoms with Crippen molar-refractivity contribution in [3.05, 3.63) is 24.4 Å². The van der Waals surface area contributed by atoms with E-state index in [-0.39, 0.29) is 0 Å². The van der Waals surface area contributed by atoms with Crippen LogP contribution >= 0.6 is 0 Å². The second-order valence-electron chi connectivity index (χ2n) is 4.81. The van der Waals surface area contributed by atoms with Gasteiger partial charge < -0.3 is 15.1 Å². The molecule has 1 aliphatic rings. The predicted octanol–water partition coefficient (Wildman–Crippen LogP) is 0.811. The first-order chi connectivity index (χ1) is 8.25. The summed E-state index contributed by atoms with van der Waals surface area (Å²) < 4.78 is 0. The normalized spacial score (nSPS) is 21.4. The van der Waals surface area contributed by atoms with E-state index in [1.165, 1.54) is 0 Å². The summed E-state index contributed by atoms with van der Waals surface area (Å²) in [7, 11) is 4.30. The highest BCUT2D eigenvalue weighted by molar-refractivity contribution is 5.36. The number of nitrogens with one attached hydrogen (secondary N) is 1. The van der Waals surface area contributed by atoms with Gasteiger partial charge in [-0.15, -0.1) is 0 Å². The number of aromatic nitrogens is 1. The molecule has 1 fully saturated rings. The van der Waals surface area contributed by atoms with Crippen molar-refractivity contribution < 1.29 is 0 Å². The molecule has 0 aliphatic carbocycles. The van der Waals surface area contributed by atoms with E-state index in [9.17, 15) is 0 Å². The van der Waals surface area contributed by atoms with Crippen LogP contribution in [0.4, 0.5) is 5.82 Å². The van der Waals surface area contributed by atoms with Crippen LogP contribution in [0.25, 0.3) is 0 Å². The summed E-state index contributed by atoms with van der Waals surface area (Å²) >= 11 is 0. The van der Waals surface area contributed by atoms with Crippen molar-refractivity contribution in [1.82, 2.24) is 15.2 Å². The second kappa shape index (κ2) is 5.98. The lowest BCUT2D eigenvalue weighted by molar-refractivity contribution is 0.233. The Bertz CT molecular complexity index is 327. The fourth-order valence-electron chi connectivity index (χ4n) is 2.23. The summed E-state index contributed by atoms with van der Waals surface area (Å²) in [6.07, 6.45) is 3.01. The minimum atomic E-state index is 0.611. The van der Waals surface area contributed by atoms with E-state index in [2.05, 4.69) is 40.3 Å². The zero-order valence-electron chi connectivity index (χ0n) is 10.8. The molecule has 17 heavy (non-hydrogen) atoms. The lowest BCUT2D eigenvalue weighted by atomic mass is 10.1. The van der Waals surface area contributed by atoms with Gasteiger partial charge >= 0.3 is 0 Å². The maximum absolute atomic E-state index is 4.35. The number of hydrogen-bond donors (Lipinski definition) is 1. The highest BCUT2D eigenvalue weighted by atomic mass is 15.2. The second-order valence-corrected chi connectivity index (χ2v) is 4.81. The lowest BCUT2D eigenvalue weighted by Gasteiger charge is -2.32. The number of likely N-dealkylation sites (N-methyl/N-ethyl adjacent to an activating group) is 1. The first-order valence-corrected chi connectivity index (χ1v) is 6.30. The van der Waals surface area contributed by atoms with Crippen LogP contribution in [0.15, 0.2) is 24.4 Å². The maximum Gasteiger partial charge on any atom is 0.128 e. The van der Waals surface area contributed by atoms with Crippen LogP contribution in [0, 0.1) is 0 Å². The van der Waals surface area contributed by atoms with Crippen LogP contribution in [-0.4, -0.2) is 56.2 Å². The van der Waals surface area contributed by atoms with E-state index >= 15 is 0 Å².